The molecule has 1 aliphatic rings. The predicted octanol–water partition coefficient (Wildman–Crippen LogP) is 1.18. The van der Waals surface area contributed by atoms with Crippen LogP contribution in [0.4, 0.5) is 0 Å². The number of benzene rings is 1. The second-order valence-electron chi connectivity index (χ2n) is 6.79. The Labute approximate surface area is 154 Å². The minimum atomic E-state index is -0.800. The second-order valence-corrected chi connectivity index (χ2v) is 6.79. The van der Waals surface area contributed by atoms with Crippen molar-refractivity contribution in [3.05, 3.63) is 29.8 Å². The Kier molecular flexibility index (Phi) is 7.87. The number of carbonyl (C=O) groups excluding carboxylic acids is 1. The number of carboxylic acid groups (broad SMARTS) is 1. The quantitative estimate of drug-likeness (QED) is 0.722. The summed E-state index contributed by atoms with van der Waals surface area (Å²) in [5.41, 5.74) is 1.03. The smallest absolute Gasteiger partial charge is 0.317 e. The van der Waals surface area contributed by atoms with Crippen LogP contribution in [0.25, 0.3) is 0 Å². The fraction of sp³-hybridized carbons (Fsp3) is 0.579. The van der Waals surface area contributed by atoms with E-state index in [-0.39, 0.29) is 18.5 Å². The Morgan fingerprint density at radius 1 is 1.27 bits per heavy atom. The van der Waals surface area contributed by atoms with Gasteiger partial charge in [-0.25, -0.2) is 0 Å². The molecule has 1 aromatic carbocycles. The Bertz CT molecular complexity index is 591. The van der Waals surface area contributed by atoms with Crippen LogP contribution in [0.15, 0.2) is 24.3 Å². The Morgan fingerprint density at radius 3 is 2.65 bits per heavy atom. The van der Waals surface area contributed by atoms with Gasteiger partial charge in [0.25, 0.3) is 0 Å². The minimum Gasteiger partial charge on any atom is -0.497 e. The minimum absolute atomic E-state index is 0.0122. The lowest BCUT2D eigenvalue weighted by Gasteiger charge is -2.25. The number of rotatable bonds is 8. The van der Waals surface area contributed by atoms with Gasteiger partial charge in [-0.1, -0.05) is 12.1 Å². The summed E-state index contributed by atoms with van der Waals surface area (Å²) in [4.78, 5) is 27.1. The maximum absolute atomic E-state index is 12.2. The molecule has 0 spiro atoms. The molecule has 1 fully saturated rings. The highest BCUT2D eigenvalue weighted by Crippen LogP contribution is 2.15. The molecule has 0 bridgehead atoms. The molecule has 0 aromatic heterocycles. The van der Waals surface area contributed by atoms with Gasteiger partial charge in [0.1, 0.15) is 5.75 Å². The van der Waals surface area contributed by atoms with Crippen molar-refractivity contribution in [3.8, 4) is 5.75 Å². The van der Waals surface area contributed by atoms with Crippen molar-refractivity contribution in [2.45, 2.75) is 31.8 Å². The molecule has 2 rings (SSSR count). The maximum atomic E-state index is 12.2. The van der Waals surface area contributed by atoms with Crippen molar-refractivity contribution in [2.24, 2.45) is 0 Å². The molecule has 26 heavy (non-hydrogen) atoms. The van der Waals surface area contributed by atoms with Gasteiger partial charge in [0.05, 0.1) is 20.2 Å². The van der Waals surface area contributed by atoms with Crippen LogP contribution in [-0.4, -0.2) is 73.2 Å². The fourth-order valence-corrected chi connectivity index (χ4v) is 3.28. The first kappa shape index (κ1) is 20.2. The predicted molar refractivity (Wildman–Crippen MR) is 99.2 cm³/mol. The van der Waals surface area contributed by atoms with Gasteiger partial charge in [0.15, 0.2) is 0 Å². The highest BCUT2D eigenvalue weighted by atomic mass is 16.5. The van der Waals surface area contributed by atoms with Crippen LogP contribution in [0.5, 0.6) is 5.75 Å². The molecule has 1 unspecified atom stereocenters. The van der Waals surface area contributed by atoms with Crippen molar-refractivity contribution in [1.29, 1.82) is 0 Å². The lowest BCUT2D eigenvalue weighted by molar-refractivity contribution is -0.138. The van der Waals surface area contributed by atoms with E-state index in [4.69, 9.17) is 9.84 Å². The Hall–Kier alpha value is -2.12. The molecular weight excluding hydrogens is 334 g/mol. The number of likely N-dealkylation sites (N-methyl/N-ethyl adjacent to an activating group) is 1. The lowest BCUT2D eigenvalue weighted by atomic mass is 10.1. The number of hydrogen-bond acceptors (Lipinski definition) is 5. The monoisotopic (exact) mass is 363 g/mol. The normalized spacial score (nSPS) is 18.3. The van der Waals surface area contributed by atoms with Crippen molar-refractivity contribution in [2.75, 3.05) is 40.3 Å². The van der Waals surface area contributed by atoms with Gasteiger partial charge >= 0.3 is 5.97 Å². The van der Waals surface area contributed by atoms with Gasteiger partial charge in [-0.05, 0) is 50.6 Å². The number of aliphatic carboxylic acids is 1. The summed E-state index contributed by atoms with van der Waals surface area (Å²) in [5, 5.41) is 11.9. The molecular formula is C19H29N3O4. The highest BCUT2D eigenvalue weighted by molar-refractivity contribution is 5.78. The summed E-state index contributed by atoms with van der Waals surface area (Å²) >= 11 is 0. The van der Waals surface area contributed by atoms with E-state index in [2.05, 4.69) is 10.2 Å². The van der Waals surface area contributed by atoms with Crippen LogP contribution >= 0.6 is 0 Å². The molecule has 7 heteroatoms. The van der Waals surface area contributed by atoms with E-state index in [1.165, 1.54) is 0 Å². The first-order chi connectivity index (χ1) is 12.5. The van der Waals surface area contributed by atoms with E-state index in [0.717, 1.165) is 43.7 Å². The van der Waals surface area contributed by atoms with Gasteiger partial charge in [-0.15, -0.1) is 0 Å². The molecule has 0 radical (unpaired) electrons. The average molecular weight is 363 g/mol. The molecule has 0 aliphatic carbocycles. The van der Waals surface area contributed by atoms with E-state index in [1.54, 1.807) is 7.11 Å². The third-order valence-corrected chi connectivity index (χ3v) is 4.81. The van der Waals surface area contributed by atoms with E-state index in [9.17, 15) is 9.59 Å². The van der Waals surface area contributed by atoms with Crippen LogP contribution in [0.3, 0.4) is 0 Å². The average Bonchev–Trinajstić information content (AvgIpc) is 2.85. The van der Waals surface area contributed by atoms with Crippen LogP contribution in [0.1, 0.15) is 24.8 Å². The summed E-state index contributed by atoms with van der Waals surface area (Å²) in [6.45, 7) is 2.62. The molecule has 1 aromatic rings. The highest BCUT2D eigenvalue weighted by Gasteiger charge is 2.22. The van der Waals surface area contributed by atoms with Crippen LogP contribution in [0.2, 0.25) is 0 Å². The number of hydrogen-bond donors (Lipinski definition) is 2. The Balaban J connectivity index is 1.73. The van der Waals surface area contributed by atoms with Gasteiger partial charge in [-0.3, -0.25) is 19.4 Å². The Morgan fingerprint density at radius 2 is 2.00 bits per heavy atom. The third-order valence-electron chi connectivity index (χ3n) is 4.81. The lowest BCUT2D eigenvalue weighted by Crippen LogP contribution is -2.39. The molecule has 1 atom stereocenters. The van der Waals surface area contributed by atoms with E-state index in [0.29, 0.717) is 13.1 Å². The van der Waals surface area contributed by atoms with Gasteiger partial charge in [-0.2, -0.15) is 0 Å². The molecule has 0 saturated carbocycles. The summed E-state index contributed by atoms with van der Waals surface area (Å²) in [5.74, 6) is 0.0109. The summed E-state index contributed by atoms with van der Waals surface area (Å²) < 4.78 is 5.12. The number of likely N-dealkylation sites (tertiary alicyclic amines) is 1. The molecule has 1 aliphatic heterocycles. The SMILES string of the molecule is COc1ccc(CNC(=O)CN2CCCC(N(C)CC(=O)O)CC2)cc1. The summed E-state index contributed by atoms with van der Waals surface area (Å²) in [6.07, 6.45) is 2.82. The van der Waals surface area contributed by atoms with E-state index in [1.807, 2.05) is 36.2 Å². The number of amides is 1. The van der Waals surface area contributed by atoms with E-state index >= 15 is 0 Å². The zero-order valence-corrected chi connectivity index (χ0v) is 15.6. The molecule has 1 saturated heterocycles. The molecule has 7 nitrogen and oxygen atoms in total. The maximum Gasteiger partial charge on any atom is 0.317 e. The van der Waals surface area contributed by atoms with Crippen LogP contribution in [0, 0.1) is 0 Å². The van der Waals surface area contributed by atoms with Crippen LogP contribution < -0.4 is 10.1 Å². The standard InChI is InChI=1S/C19H29N3O4/c1-21(14-19(24)25)16-4-3-10-22(11-9-16)13-18(23)20-12-15-5-7-17(26-2)8-6-15/h5-8,16H,3-4,9-14H2,1-2H3,(H,20,23)(H,24,25). The first-order valence-electron chi connectivity index (χ1n) is 9.02. The van der Waals surface area contributed by atoms with Crippen molar-refractivity contribution >= 4 is 11.9 Å². The topological polar surface area (TPSA) is 82.1 Å². The fourth-order valence-electron chi connectivity index (χ4n) is 3.28. The van der Waals surface area contributed by atoms with Crippen LogP contribution in [-0.2, 0) is 16.1 Å². The van der Waals surface area contributed by atoms with E-state index < -0.39 is 5.97 Å². The zero-order chi connectivity index (χ0) is 18.9. The first-order valence-corrected chi connectivity index (χ1v) is 9.02. The zero-order valence-electron chi connectivity index (χ0n) is 15.6. The van der Waals surface area contributed by atoms with Gasteiger partial charge in [0, 0.05) is 19.1 Å². The third kappa shape index (κ3) is 6.65. The number of carboxylic acids is 1. The molecule has 1 amide bonds. The largest absolute Gasteiger partial charge is 0.497 e. The number of nitrogens with one attached hydrogen (secondary N) is 1. The van der Waals surface area contributed by atoms with Gasteiger partial charge < -0.3 is 15.2 Å². The summed E-state index contributed by atoms with van der Waals surface area (Å²) in [6, 6.07) is 7.90. The summed E-state index contributed by atoms with van der Waals surface area (Å²) in [7, 11) is 3.48. The number of nitrogens with zero attached hydrogens (tertiary/aromatic N) is 2. The number of methoxy groups -OCH3 is 1. The van der Waals surface area contributed by atoms with Crippen molar-refractivity contribution in [1.82, 2.24) is 15.1 Å². The molecule has 1 heterocycles. The molecule has 144 valence electrons. The van der Waals surface area contributed by atoms with Crippen molar-refractivity contribution < 1.29 is 19.4 Å². The molecule has 2 N–H and O–H groups in total. The second kappa shape index (κ2) is 10.1. The van der Waals surface area contributed by atoms with Gasteiger partial charge in [0.2, 0.25) is 5.91 Å². The van der Waals surface area contributed by atoms with Crippen molar-refractivity contribution in [3.63, 3.8) is 0 Å². The number of ether oxygens (including phenoxy) is 1. The number of carbonyl (C=O) groups is 2.